The van der Waals surface area contributed by atoms with Crippen molar-refractivity contribution < 1.29 is 5.11 Å². The molecule has 0 radical (unpaired) electrons. The molecule has 2 rings (SSSR count). The minimum Gasteiger partial charge on any atom is -0.385 e. The zero-order chi connectivity index (χ0) is 9.42. The summed E-state index contributed by atoms with van der Waals surface area (Å²) in [5.74, 6) is 1.05. The summed E-state index contributed by atoms with van der Waals surface area (Å²) in [4.78, 5) is 4.42. The highest BCUT2D eigenvalue weighted by Gasteiger charge is 2.23. The second-order valence-corrected chi connectivity index (χ2v) is 3.42. The van der Waals surface area contributed by atoms with Crippen LogP contribution in [0.25, 0.3) is 0 Å². The Morgan fingerprint density at radius 2 is 2.46 bits per heavy atom. The average molecular weight is 181 g/mol. The number of rotatable bonds is 1. The number of nitrogens with zero attached hydrogens (tertiary/aromatic N) is 2. The molecular formula is C9H15N3O. The molecule has 1 aliphatic heterocycles. The lowest BCUT2D eigenvalue weighted by atomic mass is 10.1. The van der Waals surface area contributed by atoms with E-state index >= 15 is 0 Å². The summed E-state index contributed by atoms with van der Waals surface area (Å²) in [5.41, 5.74) is 1.98. The first kappa shape index (κ1) is 8.72. The molecule has 1 aromatic heterocycles. The first-order valence-electron chi connectivity index (χ1n) is 4.67. The first-order valence-corrected chi connectivity index (χ1v) is 4.67. The summed E-state index contributed by atoms with van der Waals surface area (Å²) >= 11 is 0. The number of β-amino-alcohol motifs (C(OH)–C–C–N with tert-alkyl or cyclic N) is 1. The van der Waals surface area contributed by atoms with Gasteiger partial charge in [0.1, 0.15) is 11.9 Å². The zero-order valence-corrected chi connectivity index (χ0v) is 8.04. The van der Waals surface area contributed by atoms with Crippen molar-refractivity contribution in [2.45, 2.75) is 26.0 Å². The summed E-state index contributed by atoms with van der Waals surface area (Å²) in [6.45, 7) is 3.51. The van der Waals surface area contributed by atoms with Gasteiger partial charge in [-0.15, -0.1) is 0 Å². The normalized spacial score (nSPS) is 21.6. The molecule has 0 amide bonds. The zero-order valence-electron chi connectivity index (χ0n) is 8.04. The fraction of sp³-hybridized carbons (Fsp3) is 0.667. The van der Waals surface area contributed by atoms with Crippen LogP contribution in [0.3, 0.4) is 0 Å². The molecule has 2 N–H and O–H groups in total. The van der Waals surface area contributed by atoms with Crippen LogP contribution in [0.5, 0.6) is 0 Å². The van der Waals surface area contributed by atoms with Crippen LogP contribution in [0, 0.1) is 0 Å². The van der Waals surface area contributed by atoms with E-state index in [2.05, 4.69) is 21.8 Å². The molecule has 0 aliphatic carbocycles. The van der Waals surface area contributed by atoms with Crippen LogP contribution in [0.1, 0.15) is 30.2 Å². The van der Waals surface area contributed by atoms with Gasteiger partial charge in [-0.3, -0.25) is 0 Å². The van der Waals surface area contributed by atoms with Gasteiger partial charge in [-0.25, -0.2) is 4.98 Å². The second kappa shape index (κ2) is 3.12. The van der Waals surface area contributed by atoms with Crippen LogP contribution in [-0.4, -0.2) is 21.2 Å². The lowest BCUT2D eigenvalue weighted by Crippen LogP contribution is -2.29. The number of hydrogen-bond acceptors (Lipinski definition) is 3. The molecule has 1 atom stereocenters. The molecule has 4 heteroatoms. The van der Waals surface area contributed by atoms with Crippen molar-refractivity contribution in [2.75, 3.05) is 6.54 Å². The fourth-order valence-corrected chi connectivity index (χ4v) is 1.82. The Hall–Kier alpha value is -0.870. The van der Waals surface area contributed by atoms with Crippen molar-refractivity contribution in [3.63, 3.8) is 0 Å². The van der Waals surface area contributed by atoms with Crippen molar-refractivity contribution >= 4 is 0 Å². The smallest absolute Gasteiger partial charge is 0.110 e. The average Bonchev–Trinajstić information content (AvgIpc) is 2.45. The van der Waals surface area contributed by atoms with E-state index in [4.69, 9.17) is 0 Å². The Bertz CT molecular complexity index is 319. The van der Waals surface area contributed by atoms with Gasteiger partial charge < -0.3 is 15.0 Å². The second-order valence-electron chi connectivity index (χ2n) is 3.42. The molecule has 2 heterocycles. The third-order valence-corrected chi connectivity index (χ3v) is 2.60. The minimum absolute atomic E-state index is 0.435. The monoisotopic (exact) mass is 181 g/mol. The van der Waals surface area contributed by atoms with E-state index < -0.39 is 6.10 Å². The lowest BCUT2D eigenvalue weighted by molar-refractivity contribution is 0.160. The van der Waals surface area contributed by atoms with Gasteiger partial charge in [-0.05, 0) is 0 Å². The van der Waals surface area contributed by atoms with Gasteiger partial charge in [0.15, 0.2) is 0 Å². The van der Waals surface area contributed by atoms with Gasteiger partial charge in [0, 0.05) is 26.6 Å². The molecule has 0 bridgehead atoms. The van der Waals surface area contributed by atoms with Gasteiger partial charge in [0.2, 0.25) is 0 Å². The standard InChI is InChI=1S/C9H15N3O/c1-3-8-11-9-6(12(8)2)4-10-5-7(9)13/h7,10,13H,3-5H2,1-2H3. The predicted octanol–water partition coefficient (Wildman–Crippen LogP) is 0.119. The van der Waals surface area contributed by atoms with Crippen LogP contribution in [0.15, 0.2) is 0 Å². The fourth-order valence-electron chi connectivity index (χ4n) is 1.82. The van der Waals surface area contributed by atoms with Crippen LogP contribution in [-0.2, 0) is 20.0 Å². The molecule has 1 unspecified atom stereocenters. The molecule has 0 saturated carbocycles. The molecule has 0 fully saturated rings. The van der Waals surface area contributed by atoms with E-state index in [1.54, 1.807) is 0 Å². The minimum atomic E-state index is -0.435. The highest BCUT2D eigenvalue weighted by Crippen LogP contribution is 2.21. The van der Waals surface area contributed by atoms with E-state index in [-0.39, 0.29) is 0 Å². The van der Waals surface area contributed by atoms with E-state index in [0.717, 1.165) is 30.2 Å². The van der Waals surface area contributed by atoms with E-state index in [1.807, 2.05) is 7.05 Å². The summed E-state index contributed by atoms with van der Waals surface area (Å²) in [6, 6.07) is 0. The number of hydrogen-bond donors (Lipinski definition) is 2. The van der Waals surface area contributed by atoms with E-state index in [9.17, 15) is 5.11 Å². The predicted molar refractivity (Wildman–Crippen MR) is 49.3 cm³/mol. The Kier molecular flexibility index (Phi) is 2.09. The number of imidazole rings is 1. The third-order valence-electron chi connectivity index (χ3n) is 2.60. The molecule has 4 nitrogen and oxygen atoms in total. The summed E-state index contributed by atoms with van der Waals surface area (Å²) < 4.78 is 2.07. The molecule has 0 saturated heterocycles. The van der Waals surface area contributed by atoms with Gasteiger partial charge in [0.25, 0.3) is 0 Å². The maximum Gasteiger partial charge on any atom is 0.110 e. The molecule has 0 aromatic carbocycles. The molecule has 72 valence electrons. The Labute approximate surface area is 77.6 Å². The number of nitrogens with one attached hydrogen (secondary N) is 1. The highest BCUT2D eigenvalue weighted by atomic mass is 16.3. The van der Waals surface area contributed by atoms with Crippen LogP contribution >= 0.6 is 0 Å². The molecule has 13 heavy (non-hydrogen) atoms. The Morgan fingerprint density at radius 1 is 1.69 bits per heavy atom. The molecule has 1 aromatic rings. The SMILES string of the molecule is CCc1nc2c(n1C)CNCC2O. The van der Waals surface area contributed by atoms with Crippen molar-refractivity contribution in [1.29, 1.82) is 0 Å². The van der Waals surface area contributed by atoms with Gasteiger partial charge >= 0.3 is 0 Å². The molecule has 0 spiro atoms. The number of aryl methyl sites for hydroxylation is 1. The quantitative estimate of drug-likeness (QED) is 0.647. The number of aromatic nitrogens is 2. The van der Waals surface area contributed by atoms with Gasteiger partial charge in [-0.2, -0.15) is 0 Å². The largest absolute Gasteiger partial charge is 0.385 e. The number of aliphatic hydroxyl groups excluding tert-OH is 1. The highest BCUT2D eigenvalue weighted by molar-refractivity contribution is 5.22. The third kappa shape index (κ3) is 1.26. The topological polar surface area (TPSA) is 50.1 Å². The molecule has 1 aliphatic rings. The Balaban J connectivity index is 2.48. The van der Waals surface area contributed by atoms with Crippen molar-refractivity contribution in [3.05, 3.63) is 17.2 Å². The van der Waals surface area contributed by atoms with Gasteiger partial charge in [-0.1, -0.05) is 6.92 Å². The van der Waals surface area contributed by atoms with Crippen LogP contribution in [0.4, 0.5) is 0 Å². The van der Waals surface area contributed by atoms with Crippen molar-refractivity contribution in [1.82, 2.24) is 14.9 Å². The van der Waals surface area contributed by atoms with Gasteiger partial charge in [0.05, 0.1) is 11.4 Å². The van der Waals surface area contributed by atoms with E-state index in [0.29, 0.717) is 6.54 Å². The summed E-state index contributed by atoms with van der Waals surface area (Å²) in [7, 11) is 2.00. The Morgan fingerprint density at radius 3 is 3.08 bits per heavy atom. The van der Waals surface area contributed by atoms with Crippen LogP contribution in [0.2, 0.25) is 0 Å². The van der Waals surface area contributed by atoms with E-state index in [1.165, 1.54) is 0 Å². The first-order chi connectivity index (χ1) is 6.24. The van der Waals surface area contributed by atoms with Crippen molar-refractivity contribution in [2.24, 2.45) is 7.05 Å². The molecular weight excluding hydrogens is 166 g/mol. The number of aliphatic hydroxyl groups is 1. The lowest BCUT2D eigenvalue weighted by Gasteiger charge is -2.18. The van der Waals surface area contributed by atoms with Crippen LogP contribution < -0.4 is 5.32 Å². The maximum atomic E-state index is 9.66. The summed E-state index contributed by atoms with van der Waals surface area (Å²) in [6.07, 6.45) is 0.478. The van der Waals surface area contributed by atoms with Crippen molar-refractivity contribution in [3.8, 4) is 0 Å². The maximum absolute atomic E-state index is 9.66. The number of fused-ring (bicyclic) bond motifs is 1. The summed E-state index contributed by atoms with van der Waals surface area (Å²) in [5, 5.41) is 12.8.